The Morgan fingerprint density at radius 1 is 1.47 bits per heavy atom. The SMILES string of the molecule is Cc1ccccc1C[C@H]1CN[C@H](C(=O)O)C1.Cl. The first-order valence-corrected chi connectivity index (χ1v) is 5.67. The van der Waals surface area contributed by atoms with E-state index < -0.39 is 5.97 Å². The molecule has 1 saturated heterocycles. The molecule has 2 rings (SSSR count). The fraction of sp³-hybridized carbons (Fsp3) is 0.462. The van der Waals surface area contributed by atoms with Crippen molar-refractivity contribution in [2.75, 3.05) is 6.54 Å². The summed E-state index contributed by atoms with van der Waals surface area (Å²) in [7, 11) is 0. The van der Waals surface area contributed by atoms with E-state index in [1.54, 1.807) is 0 Å². The van der Waals surface area contributed by atoms with Crippen LogP contribution in [0.25, 0.3) is 0 Å². The summed E-state index contributed by atoms with van der Waals surface area (Å²) in [5, 5.41) is 11.9. The van der Waals surface area contributed by atoms with Crippen LogP contribution in [0.1, 0.15) is 17.5 Å². The normalized spacial score (nSPS) is 23.1. The van der Waals surface area contributed by atoms with Gasteiger partial charge in [0.2, 0.25) is 0 Å². The Bertz CT molecular complexity index is 395. The van der Waals surface area contributed by atoms with Crippen molar-refractivity contribution in [1.82, 2.24) is 5.32 Å². The molecule has 0 radical (unpaired) electrons. The van der Waals surface area contributed by atoms with E-state index in [0.29, 0.717) is 5.92 Å². The zero-order chi connectivity index (χ0) is 11.5. The average Bonchev–Trinajstić information content (AvgIpc) is 2.70. The van der Waals surface area contributed by atoms with Crippen LogP contribution in [0.2, 0.25) is 0 Å². The number of hydrogen-bond acceptors (Lipinski definition) is 2. The van der Waals surface area contributed by atoms with E-state index in [0.717, 1.165) is 19.4 Å². The van der Waals surface area contributed by atoms with Crippen LogP contribution in [-0.4, -0.2) is 23.7 Å². The van der Waals surface area contributed by atoms with Gasteiger partial charge in [-0.2, -0.15) is 0 Å². The largest absolute Gasteiger partial charge is 0.480 e. The van der Waals surface area contributed by atoms with Crippen LogP contribution in [0.4, 0.5) is 0 Å². The number of rotatable bonds is 3. The standard InChI is InChI=1S/C13H17NO2.ClH/c1-9-4-2-3-5-11(9)6-10-7-12(13(15)16)14-8-10;/h2-5,10,12,14H,6-8H2,1H3,(H,15,16);1H/t10-,12+;/m1./s1. The number of aryl methyl sites for hydroxylation is 1. The van der Waals surface area contributed by atoms with Gasteiger partial charge < -0.3 is 10.4 Å². The fourth-order valence-corrected chi connectivity index (χ4v) is 2.30. The highest BCUT2D eigenvalue weighted by Gasteiger charge is 2.29. The second kappa shape index (κ2) is 6.03. The van der Waals surface area contributed by atoms with E-state index in [1.807, 2.05) is 12.1 Å². The Kier molecular flexibility index (Phi) is 4.97. The summed E-state index contributed by atoms with van der Waals surface area (Å²) in [5.74, 6) is -0.283. The minimum atomic E-state index is -0.729. The lowest BCUT2D eigenvalue weighted by molar-refractivity contribution is -0.139. The molecule has 1 aromatic carbocycles. The third-order valence-corrected chi connectivity index (χ3v) is 3.29. The van der Waals surface area contributed by atoms with Gasteiger partial charge in [-0.25, -0.2) is 0 Å². The Balaban J connectivity index is 0.00000144. The van der Waals surface area contributed by atoms with Gasteiger partial charge in [-0.05, 0) is 43.4 Å². The van der Waals surface area contributed by atoms with Crippen LogP contribution in [0.15, 0.2) is 24.3 Å². The molecular formula is C13H18ClNO2. The van der Waals surface area contributed by atoms with Crippen molar-refractivity contribution in [1.29, 1.82) is 0 Å². The molecule has 1 aliphatic heterocycles. The van der Waals surface area contributed by atoms with Gasteiger partial charge in [0, 0.05) is 0 Å². The first-order valence-electron chi connectivity index (χ1n) is 5.67. The number of nitrogens with one attached hydrogen (secondary N) is 1. The summed E-state index contributed by atoms with van der Waals surface area (Å²) in [4.78, 5) is 10.8. The van der Waals surface area contributed by atoms with Gasteiger partial charge in [0.05, 0.1) is 0 Å². The predicted octanol–water partition coefficient (Wildman–Crippen LogP) is 2.02. The Labute approximate surface area is 108 Å². The summed E-state index contributed by atoms with van der Waals surface area (Å²) >= 11 is 0. The van der Waals surface area contributed by atoms with Gasteiger partial charge in [0.1, 0.15) is 6.04 Å². The van der Waals surface area contributed by atoms with Crippen molar-refractivity contribution in [3.05, 3.63) is 35.4 Å². The fourth-order valence-electron chi connectivity index (χ4n) is 2.30. The molecule has 0 saturated carbocycles. The molecule has 1 fully saturated rings. The number of halogens is 1. The predicted molar refractivity (Wildman–Crippen MR) is 69.7 cm³/mol. The lowest BCUT2D eigenvalue weighted by atomic mass is 9.94. The molecule has 94 valence electrons. The molecule has 0 bridgehead atoms. The molecule has 0 amide bonds. The van der Waals surface area contributed by atoms with Crippen LogP contribution in [0.3, 0.4) is 0 Å². The minimum Gasteiger partial charge on any atom is -0.480 e. The molecule has 1 heterocycles. The highest BCUT2D eigenvalue weighted by Crippen LogP contribution is 2.21. The van der Waals surface area contributed by atoms with E-state index >= 15 is 0 Å². The zero-order valence-corrected chi connectivity index (χ0v) is 10.7. The Morgan fingerprint density at radius 3 is 2.76 bits per heavy atom. The quantitative estimate of drug-likeness (QED) is 0.869. The molecule has 1 aliphatic rings. The lowest BCUT2D eigenvalue weighted by Gasteiger charge is -2.10. The van der Waals surface area contributed by atoms with Gasteiger partial charge in [-0.1, -0.05) is 24.3 Å². The molecule has 0 spiro atoms. The highest BCUT2D eigenvalue weighted by molar-refractivity contribution is 5.85. The first kappa shape index (κ1) is 14.0. The molecule has 0 aliphatic carbocycles. The van der Waals surface area contributed by atoms with Gasteiger partial charge in [-0.3, -0.25) is 4.79 Å². The number of hydrogen-bond donors (Lipinski definition) is 2. The van der Waals surface area contributed by atoms with Crippen LogP contribution in [0.5, 0.6) is 0 Å². The molecular weight excluding hydrogens is 238 g/mol. The molecule has 0 unspecified atom stereocenters. The van der Waals surface area contributed by atoms with E-state index in [4.69, 9.17) is 5.11 Å². The first-order chi connectivity index (χ1) is 7.66. The van der Waals surface area contributed by atoms with E-state index in [1.165, 1.54) is 11.1 Å². The molecule has 2 atom stereocenters. The smallest absolute Gasteiger partial charge is 0.320 e. The summed E-state index contributed by atoms with van der Waals surface area (Å²) in [6.07, 6.45) is 1.72. The third-order valence-electron chi connectivity index (χ3n) is 3.29. The molecule has 17 heavy (non-hydrogen) atoms. The van der Waals surface area contributed by atoms with Crippen molar-refractivity contribution in [3.8, 4) is 0 Å². The van der Waals surface area contributed by atoms with E-state index in [9.17, 15) is 4.79 Å². The van der Waals surface area contributed by atoms with Crippen LogP contribution in [-0.2, 0) is 11.2 Å². The monoisotopic (exact) mass is 255 g/mol. The number of benzene rings is 1. The maximum absolute atomic E-state index is 10.8. The van der Waals surface area contributed by atoms with Gasteiger partial charge in [0.15, 0.2) is 0 Å². The van der Waals surface area contributed by atoms with Gasteiger partial charge in [-0.15, -0.1) is 12.4 Å². The number of carboxylic acids is 1. The summed E-state index contributed by atoms with van der Waals surface area (Å²) in [6, 6.07) is 7.95. The van der Waals surface area contributed by atoms with Crippen molar-refractivity contribution < 1.29 is 9.90 Å². The van der Waals surface area contributed by atoms with Crippen molar-refractivity contribution in [3.63, 3.8) is 0 Å². The molecule has 0 aromatic heterocycles. The van der Waals surface area contributed by atoms with Crippen molar-refractivity contribution in [2.24, 2.45) is 5.92 Å². The average molecular weight is 256 g/mol. The summed E-state index contributed by atoms with van der Waals surface area (Å²) in [6.45, 7) is 2.91. The summed E-state index contributed by atoms with van der Waals surface area (Å²) in [5.41, 5.74) is 2.63. The van der Waals surface area contributed by atoms with Crippen LogP contribution in [0, 0.1) is 12.8 Å². The van der Waals surface area contributed by atoms with Gasteiger partial charge >= 0.3 is 5.97 Å². The number of aliphatic carboxylic acids is 1. The number of carbonyl (C=O) groups is 1. The van der Waals surface area contributed by atoms with Crippen molar-refractivity contribution >= 4 is 18.4 Å². The summed E-state index contributed by atoms with van der Waals surface area (Å²) < 4.78 is 0. The van der Waals surface area contributed by atoms with Gasteiger partial charge in [0.25, 0.3) is 0 Å². The third kappa shape index (κ3) is 3.45. The highest BCUT2D eigenvalue weighted by atomic mass is 35.5. The maximum atomic E-state index is 10.8. The molecule has 1 aromatic rings. The van der Waals surface area contributed by atoms with Crippen LogP contribution < -0.4 is 5.32 Å². The maximum Gasteiger partial charge on any atom is 0.320 e. The second-order valence-electron chi connectivity index (χ2n) is 4.53. The topological polar surface area (TPSA) is 49.3 Å². The zero-order valence-electron chi connectivity index (χ0n) is 9.85. The Hall–Kier alpha value is -1.06. The molecule has 3 nitrogen and oxygen atoms in total. The second-order valence-corrected chi connectivity index (χ2v) is 4.53. The van der Waals surface area contributed by atoms with E-state index in [-0.39, 0.29) is 18.4 Å². The van der Waals surface area contributed by atoms with Crippen molar-refractivity contribution in [2.45, 2.75) is 25.8 Å². The minimum absolute atomic E-state index is 0. The van der Waals surface area contributed by atoms with Crippen LogP contribution >= 0.6 is 12.4 Å². The molecule has 2 N–H and O–H groups in total. The van der Waals surface area contributed by atoms with E-state index in [2.05, 4.69) is 24.4 Å². The molecule has 4 heteroatoms. The Morgan fingerprint density at radius 2 is 2.18 bits per heavy atom. The number of carboxylic acid groups (broad SMARTS) is 1. The lowest BCUT2D eigenvalue weighted by Crippen LogP contribution is -2.29.